The van der Waals surface area contributed by atoms with Crippen LogP contribution in [0.15, 0.2) is 108 Å². The Morgan fingerprint density at radius 1 is 0.848 bits per heavy atom. The number of nitrogens with one attached hydrogen (secondary N) is 1. The Kier molecular flexibility index (Phi) is 12.0. The number of carbonyl (C=O) groups is 2. The zero-order chi connectivity index (χ0) is 33.1. The minimum Gasteiger partial charge on any atom is -0.497 e. The van der Waals surface area contributed by atoms with Crippen LogP contribution in [0.25, 0.3) is 0 Å². The minimum absolute atomic E-state index is 0.0702. The summed E-state index contributed by atoms with van der Waals surface area (Å²) in [5.74, 6) is -0.187. The SMILES string of the molecule is CCCCNC(=O)[C@H](Cc1ccccc1)N(Cc1cccc(OC)c1)C(=O)CN(c1cccc(C)c1C)S(=O)(=O)c1ccccc1. The van der Waals surface area contributed by atoms with Crippen LogP contribution in [0, 0.1) is 13.8 Å². The molecule has 0 radical (unpaired) electrons. The van der Waals surface area contributed by atoms with E-state index in [1.165, 1.54) is 21.3 Å². The van der Waals surface area contributed by atoms with Gasteiger partial charge < -0.3 is 15.0 Å². The molecule has 0 saturated heterocycles. The summed E-state index contributed by atoms with van der Waals surface area (Å²) in [6, 6.07) is 29.4. The van der Waals surface area contributed by atoms with E-state index in [-0.39, 0.29) is 23.8 Å². The van der Waals surface area contributed by atoms with Crippen molar-refractivity contribution in [2.45, 2.75) is 57.5 Å². The maximum absolute atomic E-state index is 14.6. The Balaban J connectivity index is 1.82. The van der Waals surface area contributed by atoms with Crippen LogP contribution < -0.4 is 14.4 Å². The minimum atomic E-state index is -4.16. The van der Waals surface area contributed by atoms with Gasteiger partial charge in [0.2, 0.25) is 11.8 Å². The van der Waals surface area contributed by atoms with Crippen molar-refractivity contribution in [1.29, 1.82) is 0 Å². The average molecular weight is 642 g/mol. The number of methoxy groups -OCH3 is 1. The smallest absolute Gasteiger partial charge is 0.264 e. The molecule has 4 aromatic carbocycles. The second-order valence-corrected chi connectivity index (χ2v) is 13.1. The summed E-state index contributed by atoms with van der Waals surface area (Å²) >= 11 is 0. The van der Waals surface area contributed by atoms with Gasteiger partial charge in [0, 0.05) is 19.5 Å². The zero-order valence-electron chi connectivity index (χ0n) is 27.0. The van der Waals surface area contributed by atoms with E-state index in [1.54, 1.807) is 37.4 Å². The first-order chi connectivity index (χ1) is 22.1. The lowest BCUT2D eigenvalue weighted by molar-refractivity contribution is -0.140. The molecule has 8 nitrogen and oxygen atoms in total. The van der Waals surface area contributed by atoms with E-state index in [4.69, 9.17) is 4.74 Å². The number of anilines is 1. The van der Waals surface area contributed by atoms with E-state index in [2.05, 4.69) is 5.32 Å². The van der Waals surface area contributed by atoms with E-state index < -0.39 is 28.5 Å². The van der Waals surface area contributed by atoms with Crippen molar-refractivity contribution in [3.05, 3.63) is 125 Å². The van der Waals surface area contributed by atoms with Gasteiger partial charge in [0.05, 0.1) is 17.7 Å². The summed E-state index contributed by atoms with van der Waals surface area (Å²) in [5, 5.41) is 3.02. The van der Waals surface area contributed by atoms with Gasteiger partial charge in [0.15, 0.2) is 0 Å². The molecule has 0 aliphatic rings. The molecule has 0 aliphatic heterocycles. The number of aryl methyl sites for hydroxylation is 1. The highest BCUT2D eigenvalue weighted by molar-refractivity contribution is 7.92. The normalized spacial score (nSPS) is 11.8. The Bertz CT molecular complexity index is 1710. The Morgan fingerprint density at radius 2 is 1.50 bits per heavy atom. The number of amides is 2. The molecule has 0 fully saturated rings. The monoisotopic (exact) mass is 641 g/mol. The fraction of sp³-hybridized carbons (Fsp3) is 0.297. The van der Waals surface area contributed by atoms with E-state index in [0.29, 0.717) is 18.0 Å². The molecular formula is C37H43N3O5S. The van der Waals surface area contributed by atoms with Crippen LogP contribution >= 0.6 is 0 Å². The molecule has 0 saturated carbocycles. The van der Waals surface area contributed by atoms with Crippen molar-refractivity contribution in [2.75, 3.05) is 24.5 Å². The molecule has 0 spiro atoms. The van der Waals surface area contributed by atoms with Crippen LogP contribution in [0.1, 0.15) is 42.0 Å². The summed E-state index contributed by atoms with van der Waals surface area (Å²) in [6.45, 7) is 5.83. The highest BCUT2D eigenvalue weighted by atomic mass is 32.2. The Hall–Kier alpha value is -4.63. The third kappa shape index (κ3) is 8.54. The summed E-state index contributed by atoms with van der Waals surface area (Å²) in [5.41, 5.74) is 3.67. The number of sulfonamides is 1. The number of unbranched alkanes of at least 4 members (excludes halogenated alkanes) is 1. The van der Waals surface area contributed by atoms with Crippen molar-refractivity contribution in [1.82, 2.24) is 10.2 Å². The number of hydrogen-bond acceptors (Lipinski definition) is 5. The molecular weight excluding hydrogens is 598 g/mol. The maximum atomic E-state index is 14.6. The van der Waals surface area contributed by atoms with E-state index in [1.807, 2.05) is 81.4 Å². The molecule has 0 heterocycles. The summed E-state index contributed by atoms with van der Waals surface area (Å²) in [7, 11) is -2.60. The van der Waals surface area contributed by atoms with Crippen molar-refractivity contribution in [3.8, 4) is 5.75 Å². The molecule has 4 aromatic rings. The standard InChI is InChI=1S/C37H43N3O5S/c1-5-6-23-38-37(42)35(25-30-16-9-7-10-17-30)39(26-31-18-14-19-32(24-31)45-4)36(41)27-40(34-22-13-15-28(2)29(34)3)46(43,44)33-20-11-8-12-21-33/h7-22,24,35H,5-6,23,25-27H2,1-4H3,(H,38,42)/t35-/m0/s1. The number of ether oxygens (including phenoxy) is 1. The Morgan fingerprint density at radius 3 is 2.17 bits per heavy atom. The lowest BCUT2D eigenvalue weighted by Gasteiger charge is -2.34. The maximum Gasteiger partial charge on any atom is 0.264 e. The van der Waals surface area contributed by atoms with E-state index in [0.717, 1.165) is 35.1 Å². The van der Waals surface area contributed by atoms with Crippen LogP contribution in [0.2, 0.25) is 0 Å². The number of benzene rings is 4. The van der Waals surface area contributed by atoms with E-state index in [9.17, 15) is 18.0 Å². The van der Waals surface area contributed by atoms with Crippen LogP contribution in [0.3, 0.4) is 0 Å². The van der Waals surface area contributed by atoms with Gasteiger partial charge in [0.1, 0.15) is 18.3 Å². The fourth-order valence-corrected chi connectivity index (χ4v) is 6.76. The highest BCUT2D eigenvalue weighted by Crippen LogP contribution is 2.29. The van der Waals surface area contributed by atoms with Crippen LogP contribution in [-0.2, 0) is 32.6 Å². The first-order valence-corrected chi connectivity index (χ1v) is 17.0. The molecule has 242 valence electrons. The van der Waals surface area contributed by atoms with Gasteiger partial charge >= 0.3 is 0 Å². The second-order valence-electron chi connectivity index (χ2n) is 11.3. The third-order valence-electron chi connectivity index (χ3n) is 8.04. The van der Waals surface area contributed by atoms with Gasteiger partial charge in [-0.1, -0.05) is 86.1 Å². The number of carbonyl (C=O) groups excluding carboxylic acids is 2. The van der Waals surface area contributed by atoms with Gasteiger partial charge in [-0.2, -0.15) is 0 Å². The number of nitrogens with zero attached hydrogens (tertiary/aromatic N) is 2. The predicted octanol–water partition coefficient (Wildman–Crippen LogP) is 6.06. The quantitative estimate of drug-likeness (QED) is 0.159. The molecule has 2 amide bonds. The largest absolute Gasteiger partial charge is 0.497 e. The van der Waals surface area contributed by atoms with Crippen LogP contribution in [-0.4, -0.2) is 51.4 Å². The third-order valence-corrected chi connectivity index (χ3v) is 9.82. The summed E-state index contributed by atoms with van der Waals surface area (Å²) in [6.07, 6.45) is 1.95. The van der Waals surface area contributed by atoms with Gasteiger partial charge in [-0.25, -0.2) is 8.42 Å². The predicted molar refractivity (Wildman–Crippen MR) is 182 cm³/mol. The first kappa shape index (κ1) is 34.2. The second kappa shape index (κ2) is 16.1. The molecule has 0 unspecified atom stereocenters. The molecule has 0 aromatic heterocycles. The average Bonchev–Trinajstić information content (AvgIpc) is 3.07. The Labute approximate surface area is 273 Å². The van der Waals surface area contributed by atoms with E-state index >= 15 is 0 Å². The zero-order valence-corrected chi connectivity index (χ0v) is 27.8. The molecule has 46 heavy (non-hydrogen) atoms. The number of rotatable bonds is 15. The van der Waals surface area contributed by atoms with Crippen molar-refractivity contribution >= 4 is 27.5 Å². The summed E-state index contributed by atoms with van der Waals surface area (Å²) < 4.78 is 35.1. The van der Waals surface area contributed by atoms with Crippen LogP contribution in [0.4, 0.5) is 5.69 Å². The van der Waals surface area contributed by atoms with Gasteiger partial charge in [-0.3, -0.25) is 13.9 Å². The molecule has 1 atom stereocenters. The molecule has 0 bridgehead atoms. The molecule has 1 N–H and O–H groups in total. The van der Waals surface area contributed by atoms with Crippen molar-refractivity contribution in [3.63, 3.8) is 0 Å². The molecule has 9 heteroatoms. The lowest BCUT2D eigenvalue weighted by Crippen LogP contribution is -2.53. The van der Waals surface area contributed by atoms with Gasteiger partial charge in [-0.05, 0) is 72.9 Å². The lowest BCUT2D eigenvalue weighted by atomic mass is 10.0. The topological polar surface area (TPSA) is 96.0 Å². The van der Waals surface area contributed by atoms with Gasteiger partial charge in [0.25, 0.3) is 10.0 Å². The molecule has 0 aliphatic carbocycles. The molecule has 4 rings (SSSR count). The van der Waals surface area contributed by atoms with Crippen LogP contribution in [0.5, 0.6) is 5.75 Å². The first-order valence-electron chi connectivity index (χ1n) is 15.5. The number of hydrogen-bond donors (Lipinski definition) is 1. The van der Waals surface area contributed by atoms with Crippen molar-refractivity contribution in [2.24, 2.45) is 0 Å². The van der Waals surface area contributed by atoms with Crippen molar-refractivity contribution < 1.29 is 22.7 Å². The highest BCUT2D eigenvalue weighted by Gasteiger charge is 2.35. The fourth-order valence-electron chi connectivity index (χ4n) is 5.27. The van der Waals surface area contributed by atoms with Gasteiger partial charge in [-0.15, -0.1) is 0 Å². The summed E-state index contributed by atoms with van der Waals surface area (Å²) in [4.78, 5) is 30.1.